The number of halogens is 1. The zero-order chi connectivity index (χ0) is 17.4. The average Bonchev–Trinajstić information content (AvgIpc) is 2.56. The number of carbonyl (C=O) groups is 1. The van der Waals surface area contributed by atoms with Crippen molar-refractivity contribution in [3.8, 4) is 5.75 Å². The third-order valence-electron chi connectivity index (χ3n) is 2.81. The van der Waals surface area contributed by atoms with Crippen molar-refractivity contribution in [1.82, 2.24) is 0 Å². The van der Waals surface area contributed by atoms with Crippen molar-refractivity contribution in [1.29, 1.82) is 0 Å². The van der Waals surface area contributed by atoms with Crippen LogP contribution in [0.1, 0.15) is 18.1 Å². The highest BCUT2D eigenvalue weighted by molar-refractivity contribution is 9.10. The molecular weight excluding hydrogens is 390 g/mol. The number of hydrogen-bond donors (Lipinski definition) is 1. The summed E-state index contributed by atoms with van der Waals surface area (Å²) in [5, 5.41) is 8.32. The lowest BCUT2D eigenvalue weighted by molar-refractivity contribution is -0.131. The van der Waals surface area contributed by atoms with Crippen molar-refractivity contribution in [2.75, 3.05) is 0 Å². The second kappa shape index (κ2) is 9.24. The molecule has 5 nitrogen and oxygen atoms in total. The molecule has 0 atom stereocenters. The number of carbonyl (C=O) groups excluding carboxylic acids is 1. The maximum atomic E-state index is 11.0. The van der Waals surface area contributed by atoms with Crippen molar-refractivity contribution < 1.29 is 9.53 Å². The summed E-state index contributed by atoms with van der Waals surface area (Å²) in [7, 11) is 0. The molecule has 7 heteroatoms. The van der Waals surface area contributed by atoms with Crippen LogP contribution >= 0.6 is 27.7 Å². The van der Waals surface area contributed by atoms with E-state index in [4.69, 9.17) is 10.5 Å². The van der Waals surface area contributed by atoms with Crippen LogP contribution in [0.3, 0.4) is 0 Å². The van der Waals surface area contributed by atoms with E-state index >= 15 is 0 Å². The number of rotatable bonds is 5. The molecule has 2 rings (SSSR count). The minimum absolute atomic E-state index is 0.375. The first-order valence-electron chi connectivity index (χ1n) is 7.06. The summed E-state index contributed by atoms with van der Waals surface area (Å²) in [5.74, 6) is 0.805. The van der Waals surface area contributed by atoms with Crippen LogP contribution in [0.5, 0.6) is 5.75 Å². The van der Waals surface area contributed by atoms with Gasteiger partial charge in [0.15, 0.2) is 5.17 Å². The Hall–Kier alpha value is -2.12. The summed E-state index contributed by atoms with van der Waals surface area (Å²) in [6.45, 7) is 1.35. The normalized spacial score (nSPS) is 11.7. The zero-order valence-electron chi connectivity index (χ0n) is 13.0. The maximum absolute atomic E-state index is 11.0. The predicted molar refractivity (Wildman–Crippen MR) is 102 cm³/mol. The van der Waals surface area contributed by atoms with E-state index in [0.29, 0.717) is 10.9 Å². The number of amidine groups is 1. The van der Waals surface area contributed by atoms with Crippen LogP contribution in [0.2, 0.25) is 0 Å². The van der Waals surface area contributed by atoms with Crippen molar-refractivity contribution in [3.63, 3.8) is 0 Å². The molecule has 0 fully saturated rings. The molecule has 2 aromatic rings. The lowest BCUT2D eigenvalue weighted by Crippen LogP contribution is -2.06. The van der Waals surface area contributed by atoms with Gasteiger partial charge in [-0.05, 0) is 23.8 Å². The second-order valence-electron chi connectivity index (χ2n) is 4.73. The lowest BCUT2D eigenvalue weighted by Gasteiger charge is -2.03. The Kier molecular flexibility index (Phi) is 7.02. The molecule has 0 unspecified atom stereocenters. The molecule has 0 saturated carbocycles. The summed E-state index contributed by atoms with van der Waals surface area (Å²) in [4.78, 5) is 11.0. The molecule has 24 heavy (non-hydrogen) atoms. The monoisotopic (exact) mass is 405 g/mol. The van der Waals surface area contributed by atoms with E-state index in [2.05, 4.69) is 26.1 Å². The Morgan fingerprint density at radius 3 is 2.75 bits per heavy atom. The van der Waals surface area contributed by atoms with Crippen molar-refractivity contribution in [3.05, 3.63) is 64.1 Å². The molecule has 0 spiro atoms. The number of nitrogens with two attached hydrogens (primary N) is 1. The van der Waals surface area contributed by atoms with E-state index in [-0.39, 0.29) is 5.97 Å². The smallest absolute Gasteiger partial charge is 0.308 e. The van der Waals surface area contributed by atoms with E-state index in [1.807, 2.05) is 30.3 Å². The van der Waals surface area contributed by atoms with Gasteiger partial charge in [-0.25, -0.2) is 0 Å². The van der Waals surface area contributed by atoms with Gasteiger partial charge in [-0.15, -0.1) is 5.10 Å². The summed E-state index contributed by atoms with van der Waals surface area (Å²) in [5.41, 5.74) is 7.74. The second-order valence-corrected chi connectivity index (χ2v) is 6.58. The van der Waals surface area contributed by atoms with Crippen LogP contribution in [0.4, 0.5) is 0 Å². The lowest BCUT2D eigenvalue weighted by atomic mass is 10.2. The fraction of sp³-hybridized carbons (Fsp3) is 0.118. The Bertz CT molecular complexity index is 764. The van der Waals surface area contributed by atoms with E-state index < -0.39 is 0 Å². The molecular formula is C17H16BrN3O2S. The van der Waals surface area contributed by atoms with Crippen molar-refractivity contribution in [2.24, 2.45) is 15.9 Å². The Balaban J connectivity index is 1.98. The van der Waals surface area contributed by atoms with Crippen LogP contribution in [0.25, 0.3) is 0 Å². The molecule has 124 valence electrons. The van der Waals surface area contributed by atoms with Crippen molar-refractivity contribution >= 4 is 45.0 Å². The molecule has 0 aromatic heterocycles. The minimum atomic E-state index is -0.375. The highest BCUT2D eigenvalue weighted by Gasteiger charge is 2.03. The third kappa shape index (κ3) is 6.17. The molecule has 0 radical (unpaired) electrons. The van der Waals surface area contributed by atoms with E-state index in [9.17, 15) is 4.79 Å². The standard InChI is InChI=1S/C17H16BrN3O2S/c1-12(22)23-15-7-8-16(18)14(9-15)10-20-21-17(19)24-11-13-5-3-2-4-6-13/h2-10H,11H2,1H3,(H2,19,21). The van der Waals surface area contributed by atoms with Crippen LogP contribution in [0.15, 0.2) is 63.2 Å². The maximum Gasteiger partial charge on any atom is 0.308 e. The Morgan fingerprint density at radius 1 is 1.29 bits per heavy atom. The SMILES string of the molecule is CC(=O)Oc1ccc(Br)c(C=NN=C(N)SCc2ccccc2)c1. The molecule has 0 bridgehead atoms. The van der Waals surface area contributed by atoms with Crippen molar-refractivity contribution in [2.45, 2.75) is 12.7 Å². The number of hydrogen-bond acceptors (Lipinski definition) is 5. The number of benzene rings is 2. The fourth-order valence-electron chi connectivity index (χ4n) is 1.76. The van der Waals surface area contributed by atoms with Gasteiger partial charge in [0.2, 0.25) is 0 Å². The molecule has 0 saturated heterocycles. The van der Waals surface area contributed by atoms with Gasteiger partial charge in [-0.2, -0.15) is 5.10 Å². The minimum Gasteiger partial charge on any atom is -0.427 e. The topological polar surface area (TPSA) is 77.0 Å². The van der Waals surface area contributed by atoms with E-state index in [1.165, 1.54) is 24.2 Å². The summed E-state index contributed by atoms with van der Waals surface area (Å²) in [6, 6.07) is 15.1. The Labute approximate surface area is 153 Å². The first-order chi connectivity index (χ1) is 11.5. The summed E-state index contributed by atoms with van der Waals surface area (Å²) >= 11 is 4.82. The van der Waals surface area contributed by atoms with Crippen LogP contribution < -0.4 is 10.5 Å². The van der Waals surface area contributed by atoms with Gasteiger partial charge in [0.25, 0.3) is 0 Å². The fourth-order valence-corrected chi connectivity index (χ4v) is 2.72. The first kappa shape index (κ1) is 18.2. The first-order valence-corrected chi connectivity index (χ1v) is 8.83. The number of nitrogens with zero attached hydrogens (tertiary/aromatic N) is 2. The van der Waals surface area contributed by atoms with E-state index in [1.54, 1.807) is 24.4 Å². The predicted octanol–water partition coefficient (Wildman–Crippen LogP) is 3.96. The molecule has 2 N–H and O–H groups in total. The van der Waals surface area contributed by atoms with Crippen LogP contribution in [-0.4, -0.2) is 17.4 Å². The Morgan fingerprint density at radius 2 is 2.04 bits per heavy atom. The van der Waals surface area contributed by atoms with E-state index in [0.717, 1.165) is 15.8 Å². The number of ether oxygens (including phenoxy) is 1. The average molecular weight is 406 g/mol. The largest absolute Gasteiger partial charge is 0.427 e. The highest BCUT2D eigenvalue weighted by Crippen LogP contribution is 2.21. The van der Waals surface area contributed by atoms with Gasteiger partial charge >= 0.3 is 5.97 Å². The van der Waals surface area contributed by atoms with Crippen LogP contribution in [0, 0.1) is 0 Å². The molecule has 2 aromatic carbocycles. The van der Waals surface area contributed by atoms with Crippen LogP contribution in [-0.2, 0) is 10.5 Å². The van der Waals surface area contributed by atoms with Gasteiger partial charge in [0.1, 0.15) is 5.75 Å². The van der Waals surface area contributed by atoms with Gasteiger partial charge in [-0.3, -0.25) is 4.79 Å². The van der Waals surface area contributed by atoms with Gasteiger partial charge in [-0.1, -0.05) is 58.0 Å². The molecule has 0 aliphatic carbocycles. The molecule has 0 amide bonds. The third-order valence-corrected chi connectivity index (χ3v) is 4.39. The summed E-state index contributed by atoms with van der Waals surface area (Å²) in [6.07, 6.45) is 1.55. The zero-order valence-corrected chi connectivity index (χ0v) is 15.4. The number of thioether (sulfide) groups is 1. The van der Waals surface area contributed by atoms with Gasteiger partial charge in [0, 0.05) is 22.7 Å². The van der Waals surface area contributed by atoms with Gasteiger partial charge < -0.3 is 10.5 Å². The molecule has 0 aliphatic rings. The number of esters is 1. The molecule has 0 aliphatic heterocycles. The quantitative estimate of drug-likeness (QED) is 0.268. The molecule has 0 heterocycles. The summed E-state index contributed by atoms with van der Waals surface area (Å²) < 4.78 is 5.85. The highest BCUT2D eigenvalue weighted by atomic mass is 79.9. The van der Waals surface area contributed by atoms with Gasteiger partial charge in [0.05, 0.1) is 6.21 Å².